The van der Waals surface area contributed by atoms with Gasteiger partial charge >= 0.3 is 0 Å². The van der Waals surface area contributed by atoms with E-state index < -0.39 is 0 Å². The highest BCUT2D eigenvalue weighted by atomic mass is 35.5. The smallest absolute Gasteiger partial charge is 0.115 e. The fraction of sp³-hybridized carbons (Fsp3) is 0.533. The standard InChI is InChI=1S/C15H20ClN3/c1-2-18-9-4-3-6-12(18)10-15-17-11-13-7-5-8-14(16)19(13)15/h5,7-8,11-12H,2-4,6,9-10H2,1H3. The van der Waals surface area contributed by atoms with E-state index >= 15 is 0 Å². The van der Waals surface area contributed by atoms with Crippen LogP contribution in [0.5, 0.6) is 0 Å². The highest BCUT2D eigenvalue weighted by Crippen LogP contribution is 2.22. The van der Waals surface area contributed by atoms with E-state index in [4.69, 9.17) is 11.6 Å². The summed E-state index contributed by atoms with van der Waals surface area (Å²) in [4.78, 5) is 7.14. The zero-order valence-electron chi connectivity index (χ0n) is 11.3. The number of pyridine rings is 1. The maximum absolute atomic E-state index is 6.30. The topological polar surface area (TPSA) is 20.5 Å². The van der Waals surface area contributed by atoms with Gasteiger partial charge in [-0.3, -0.25) is 4.40 Å². The van der Waals surface area contributed by atoms with Crippen molar-refractivity contribution >= 4 is 17.1 Å². The van der Waals surface area contributed by atoms with Gasteiger partial charge in [-0.2, -0.15) is 0 Å². The van der Waals surface area contributed by atoms with E-state index in [0.717, 1.165) is 29.5 Å². The van der Waals surface area contributed by atoms with E-state index in [-0.39, 0.29) is 0 Å². The van der Waals surface area contributed by atoms with Crippen LogP contribution in [0.15, 0.2) is 24.4 Å². The lowest BCUT2D eigenvalue weighted by molar-refractivity contribution is 0.153. The molecule has 1 atom stereocenters. The molecule has 1 saturated heterocycles. The largest absolute Gasteiger partial charge is 0.300 e. The molecule has 2 aromatic heterocycles. The molecule has 3 nitrogen and oxygen atoms in total. The number of hydrogen-bond donors (Lipinski definition) is 0. The van der Waals surface area contributed by atoms with Crippen LogP contribution in [0.1, 0.15) is 32.0 Å². The van der Waals surface area contributed by atoms with Crippen LogP contribution in [-0.4, -0.2) is 33.4 Å². The Balaban J connectivity index is 1.88. The van der Waals surface area contributed by atoms with Crippen molar-refractivity contribution in [1.29, 1.82) is 0 Å². The van der Waals surface area contributed by atoms with Crippen molar-refractivity contribution in [3.63, 3.8) is 0 Å². The molecule has 0 bridgehead atoms. The second-order valence-corrected chi connectivity index (χ2v) is 5.65. The average Bonchev–Trinajstić information content (AvgIpc) is 2.84. The number of hydrogen-bond acceptors (Lipinski definition) is 2. The second kappa shape index (κ2) is 5.51. The van der Waals surface area contributed by atoms with Gasteiger partial charge in [-0.15, -0.1) is 0 Å². The van der Waals surface area contributed by atoms with Crippen LogP contribution in [0.2, 0.25) is 5.15 Å². The molecule has 0 N–H and O–H groups in total. The Morgan fingerprint density at radius 1 is 1.37 bits per heavy atom. The van der Waals surface area contributed by atoms with Gasteiger partial charge in [0.25, 0.3) is 0 Å². The third-order valence-electron chi connectivity index (χ3n) is 4.15. The quantitative estimate of drug-likeness (QED) is 0.802. The fourth-order valence-electron chi connectivity index (χ4n) is 3.13. The summed E-state index contributed by atoms with van der Waals surface area (Å²) in [6.45, 7) is 4.59. The van der Waals surface area contributed by atoms with E-state index in [2.05, 4.69) is 27.3 Å². The summed E-state index contributed by atoms with van der Waals surface area (Å²) in [6, 6.07) is 6.57. The van der Waals surface area contributed by atoms with Gasteiger partial charge in [-0.1, -0.05) is 31.0 Å². The minimum Gasteiger partial charge on any atom is -0.300 e. The van der Waals surface area contributed by atoms with Crippen LogP contribution in [0, 0.1) is 0 Å². The molecule has 1 unspecified atom stereocenters. The first-order valence-corrected chi connectivity index (χ1v) is 7.52. The Labute approximate surface area is 119 Å². The maximum atomic E-state index is 6.30. The molecule has 0 spiro atoms. The number of piperidine rings is 1. The lowest BCUT2D eigenvalue weighted by Crippen LogP contribution is -2.40. The summed E-state index contributed by atoms with van der Waals surface area (Å²) in [7, 11) is 0. The zero-order valence-corrected chi connectivity index (χ0v) is 12.1. The fourth-order valence-corrected chi connectivity index (χ4v) is 3.40. The van der Waals surface area contributed by atoms with E-state index in [1.165, 1.54) is 25.8 Å². The lowest BCUT2D eigenvalue weighted by atomic mass is 9.99. The Bertz CT molecular complexity index is 564. The molecule has 0 radical (unpaired) electrons. The van der Waals surface area contributed by atoms with Crippen molar-refractivity contribution in [3.05, 3.63) is 35.4 Å². The minimum atomic E-state index is 0.612. The predicted octanol–water partition coefficient (Wildman–Crippen LogP) is 3.40. The number of rotatable bonds is 3. The summed E-state index contributed by atoms with van der Waals surface area (Å²) in [5.74, 6) is 1.09. The SMILES string of the molecule is CCN1CCCCC1Cc1ncc2cccc(Cl)n12. The van der Waals surface area contributed by atoms with Crippen molar-refractivity contribution in [2.45, 2.75) is 38.6 Å². The number of fused-ring (bicyclic) bond motifs is 1. The minimum absolute atomic E-state index is 0.612. The van der Waals surface area contributed by atoms with E-state index in [1.807, 2.05) is 18.3 Å². The first-order valence-electron chi connectivity index (χ1n) is 7.14. The summed E-state index contributed by atoms with van der Waals surface area (Å²) in [5, 5.41) is 0.754. The molecule has 102 valence electrons. The summed E-state index contributed by atoms with van der Waals surface area (Å²) in [5.41, 5.74) is 1.08. The number of halogens is 1. The van der Waals surface area contributed by atoms with E-state index in [1.54, 1.807) is 0 Å². The molecule has 0 aromatic carbocycles. The molecule has 0 amide bonds. The molecule has 1 fully saturated rings. The van der Waals surface area contributed by atoms with Gasteiger partial charge < -0.3 is 4.90 Å². The van der Waals surface area contributed by atoms with Crippen molar-refractivity contribution in [2.24, 2.45) is 0 Å². The van der Waals surface area contributed by atoms with Gasteiger partial charge in [0.05, 0.1) is 11.7 Å². The molecule has 19 heavy (non-hydrogen) atoms. The van der Waals surface area contributed by atoms with Gasteiger partial charge in [-0.25, -0.2) is 4.98 Å². The first kappa shape index (κ1) is 12.9. The molecular weight excluding hydrogens is 258 g/mol. The Hall–Kier alpha value is -1.06. The molecule has 1 aliphatic heterocycles. The second-order valence-electron chi connectivity index (χ2n) is 5.27. The van der Waals surface area contributed by atoms with Gasteiger partial charge in [0, 0.05) is 12.5 Å². The zero-order chi connectivity index (χ0) is 13.2. The number of likely N-dealkylation sites (tertiary alicyclic amines) is 1. The molecule has 1 aliphatic rings. The third-order valence-corrected chi connectivity index (χ3v) is 4.44. The summed E-state index contributed by atoms with van der Waals surface area (Å²) >= 11 is 6.30. The normalized spacial score (nSPS) is 21.1. The number of imidazole rings is 1. The Morgan fingerprint density at radius 2 is 2.26 bits per heavy atom. The molecule has 3 rings (SSSR count). The predicted molar refractivity (Wildman–Crippen MR) is 78.8 cm³/mol. The average molecular weight is 278 g/mol. The van der Waals surface area contributed by atoms with E-state index in [0.29, 0.717) is 6.04 Å². The summed E-state index contributed by atoms with van der Waals surface area (Å²) in [6.07, 6.45) is 6.84. The highest BCUT2D eigenvalue weighted by molar-refractivity contribution is 6.29. The van der Waals surface area contributed by atoms with Crippen molar-refractivity contribution < 1.29 is 0 Å². The van der Waals surface area contributed by atoms with Crippen molar-refractivity contribution in [1.82, 2.24) is 14.3 Å². The first-order chi connectivity index (χ1) is 9.29. The number of likely N-dealkylation sites (N-methyl/N-ethyl adjacent to an activating group) is 1. The van der Waals surface area contributed by atoms with E-state index in [9.17, 15) is 0 Å². The Kier molecular flexibility index (Phi) is 3.76. The van der Waals surface area contributed by atoms with Crippen LogP contribution in [0.25, 0.3) is 5.52 Å². The van der Waals surface area contributed by atoms with Crippen LogP contribution < -0.4 is 0 Å². The third kappa shape index (κ3) is 2.49. The van der Waals surface area contributed by atoms with Crippen molar-refractivity contribution in [2.75, 3.05) is 13.1 Å². The van der Waals surface area contributed by atoms with Crippen molar-refractivity contribution in [3.8, 4) is 0 Å². The lowest BCUT2D eigenvalue weighted by Gasteiger charge is -2.34. The molecule has 0 saturated carbocycles. The number of nitrogens with zero attached hydrogens (tertiary/aromatic N) is 3. The van der Waals surface area contributed by atoms with Crippen LogP contribution in [0.3, 0.4) is 0 Å². The van der Waals surface area contributed by atoms with Gasteiger partial charge in [0.2, 0.25) is 0 Å². The monoisotopic (exact) mass is 277 g/mol. The molecule has 0 aliphatic carbocycles. The molecule has 3 heterocycles. The highest BCUT2D eigenvalue weighted by Gasteiger charge is 2.23. The molecule has 4 heteroatoms. The maximum Gasteiger partial charge on any atom is 0.115 e. The van der Waals surface area contributed by atoms with Gasteiger partial charge in [0.15, 0.2) is 0 Å². The van der Waals surface area contributed by atoms with Crippen LogP contribution in [0.4, 0.5) is 0 Å². The molecule has 2 aromatic rings. The number of aromatic nitrogens is 2. The van der Waals surface area contributed by atoms with Crippen LogP contribution in [-0.2, 0) is 6.42 Å². The van der Waals surface area contributed by atoms with Gasteiger partial charge in [-0.05, 0) is 38.1 Å². The van der Waals surface area contributed by atoms with Crippen LogP contribution >= 0.6 is 11.6 Å². The van der Waals surface area contributed by atoms with Gasteiger partial charge in [0.1, 0.15) is 11.0 Å². The summed E-state index contributed by atoms with van der Waals surface area (Å²) < 4.78 is 2.07. The Morgan fingerprint density at radius 3 is 3.11 bits per heavy atom. The molecular formula is C15H20ClN3.